The van der Waals surface area contributed by atoms with Crippen LogP contribution >= 0.6 is 0 Å². The first kappa shape index (κ1) is 32.5. The van der Waals surface area contributed by atoms with Crippen LogP contribution < -0.4 is 15.2 Å². The Labute approximate surface area is 222 Å². The van der Waals surface area contributed by atoms with Gasteiger partial charge in [0.1, 0.15) is 12.1 Å². The third-order valence-electron chi connectivity index (χ3n) is 5.38. The Balaban J connectivity index is 3.37. The maximum atomic E-state index is 12.2. The zero-order chi connectivity index (χ0) is 29.0. The molecular formula is C26H39NO11. The largest absolute Gasteiger partial charge is 0.514 e. The maximum Gasteiger partial charge on any atom is 0.514 e. The van der Waals surface area contributed by atoms with Gasteiger partial charge in [-0.3, -0.25) is 4.79 Å². The van der Waals surface area contributed by atoms with Crippen LogP contribution in [0.1, 0.15) is 72.8 Å². The number of carbonyl (C=O) groups is 4. The summed E-state index contributed by atoms with van der Waals surface area (Å²) in [6.07, 6.45) is -3.25. The van der Waals surface area contributed by atoms with Gasteiger partial charge < -0.3 is 39.3 Å². The van der Waals surface area contributed by atoms with Gasteiger partial charge in [-0.2, -0.15) is 0 Å². The molecule has 38 heavy (non-hydrogen) atoms. The maximum absolute atomic E-state index is 12.2. The zero-order valence-corrected chi connectivity index (χ0v) is 22.9. The first-order chi connectivity index (χ1) is 17.8. The molecule has 0 aliphatic carbocycles. The van der Waals surface area contributed by atoms with Crippen molar-refractivity contribution in [2.45, 2.75) is 91.6 Å². The Bertz CT molecular complexity index is 947. The number of carboxylic acids is 1. The lowest BCUT2D eigenvalue weighted by molar-refractivity contribution is -0.139. The van der Waals surface area contributed by atoms with Crippen LogP contribution in [0.25, 0.3) is 0 Å². The molecule has 1 rings (SSSR count). The number of carboxylic acid groups (broad SMARTS) is 1. The van der Waals surface area contributed by atoms with Gasteiger partial charge in [0.15, 0.2) is 11.5 Å². The van der Waals surface area contributed by atoms with Gasteiger partial charge in [-0.1, -0.05) is 26.3 Å². The molecule has 3 unspecified atom stereocenters. The predicted octanol–water partition coefficient (Wildman–Crippen LogP) is 5.01. The quantitative estimate of drug-likeness (QED) is 0.148. The number of aliphatic carboxylic acids is 1. The fourth-order valence-electron chi connectivity index (χ4n) is 3.39. The SMILES string of the molecule is CCCCOC(=O)OC(C)C(C)C(c1ccc(OC(=O)OC(C)C)c(OC(=O)OC(C)C)c1)[C@H](N)C(=O)O. The summed E-state index contributed by atoms with van der Waals surface area (Å²) in [7, 11) is 0. The summed E-state index contributed by atoms with van der Waals surface area (Å²) in [5, 5.41) is 9.69. The average Bonchev–Trinajstić information content (AvgIpc) is 2.79. The average molecular weight is 542 g/mol. The molecule has 0 aromatic heterocycles. The number of unbranched alkanes of at least 4 members (excludes halogenated alkanes) is 1. The summed E-state index contributed by atoms with van der Waals surface area (Å²) in [5.74, 6) is -3.25. The Morgan fingerprint density at radius 2 is 1.39 bits per heavy atom. The number of carbonyl (C=O) groups excluding carboxylic acids is 3. The minimum absolute atomic E-state index is 0.167. The smallest absolute Gasteiger partial charge is 0.480 e. The third kappa shape index (κ3) is 10.8. The fraction of sp³-hybridized carbons (Fsp3) is 0.615. The van der Waals surface area contributed by atoms with Gasteiger partial charge in [0, 0.05) is 11.8 Å². The fourth-order valence-corrected chi connectivity index (χ4v) is 3.39. The summed E-state index contributed by atoms with van der Waals surface area (Å²) in [6.45, 7) is 11.9. The monoisotopic (exact) mass is 541 g/mol. The molecule has 0 saturated heterocycles. The van der Waals surface area contributed by atoms with E-state index < -0.39 is 60.6 Å². The minimum atomic E-state index is -1.43. The van der Waals surface area contributed by atoms with Crippen LogP contribution in [0.3, 0.4) is 0 Å². The second-order valence-corrected chi connectivity index (χ2v) is 9.27. The highest BCUT2D eigenvalue weighted by Gasteiger charge is 2.36. The summed E-state index contributed by atoms with van der Waals surface area (Å²) < 4.78 is 30.8. The van der Waals surface area contributed by atoms with Crippen LogP contribution in [0.15, 0.2) is 18.2 Å². The number of rotatable bonds is 13. The molecule has 0 fully saturated rings. The summed E-state index contributed by atoms with van der Waals surface area (Å²) in [4.78, 5) is 48.2. The standard InChI is InChI=1S/C26H39NO11/c1-8-9-12-33-24(30)36-17(7)16(6)21(22(27)23(28)29)18-10-11-19(37-25(31)34-14(2)3)20(13-18)38-26(32)35-15(4)5/h10-11,13-17,21-22H,8-9,12,27H2,1-7H3,(H,28,29)/t16?,17?,21?,22-/m0/s1. The van der Waals surface area contributed by atoms with E-state index in [9.17, 15) is 24.3 Å². The Morgan fingerprint density at radius 3 is 1.89 bits per heavy atom. The molecule has 0 aliphatic rings. The van der Waals surface area contributed by atoms with E-state index in [-0.39, 0.29) is 18.1 Å². The molecule has 4 atom stereocenters. The van der Waals surface area contributed by atoms with Gasteiger partial charge in [-0.05, 0) is 58.7 Å². The highest BCUT2D eigenvalue weighted by atomic mass is 16.8. The van der Waals surface area contributed by atoms with Crippen molar-refractivity contribution >= 4 is 24.4 Å². The van der Waals surface area contributed by atoms with E-state index in [2.05, 4.69) is 0 Å². The molecule has 0 saturated carbocycles. The summed E-state index contributed by atoms with van der Waals surface area (Å²) in [5.41, 5.74) is 6.36. The van der Waals surface area contributed by atoms with Crippen LogP contribution in [0.2, 0.25) is 0 Å². The van der Waals surface area contributed by atoms with Crippen molar-refractivity contribution < 1.29 is 52.7 Å². The molecular weight excluding hydrogens is 502 g/mol. The Kier molecular flexibility index (Phi) is 13.4. The number of ether oxygens (including phenoxy) is 6. The van der Waals surface area contributed by atoms with E-state index in [1.807, 2.05) is 6.92 Å². The molecule has 1 aromatic carbocycles. The van der Waals surface area contributed by atoms with E-state index in [4.69, 9.17) is 34.2 Å². The van der Waals surface area contributed by atoms with Crippen molar-refractivity contribution in [2.75, 3.05) is 6.61 Å². The van der Waals surface area contributed by atoms with Crippen LogP contribution in [0, 0.1) is 5.92 Å². The number of hydrogen-bond donors (Lipinski definition) is 2. The molecule has 0 bridgehead atoms. The van der Waals surface area contributed by atoms with Gasteiger partial charge in [-0.25, -0.2) is 14.4 Å². The number of benzene rings is 1. The van der Waals surface area contributed by atoms with Gasteiger partial charge in [-0.15, -0.1) is 0 Å². The molecule has 0 heterocycles. The zero-order valence-electron chi connectivity index (χ0n) is 22.9. The van der Waals surface area contributed by atoms with E-state index in [0.29, 0.717) is 12.0 Å². The van der Waals surface area contributed by atoms with Crippen molar-refractivity contribution in [2.24, 2.45) is 11.7 Å². The van der Waals surface area contributed by atoms with Crippen molar-refractivity contribution in [3.63, 3.8) is 0 Å². The summed E-state index contributed by atoms with van der Waals surface area (Å²) in [6, 6.07) is 2.67. The van der Waals surface area contributed by atoms with E-state index in [0.717, 1.165) is 6.42 Å². The second-order valence-electron chi connectivity index (χ2n) is 9.27. The van der Waals surface area contributed by atoms with E-state index in [1.165, 1.54) is 18.2 Å². The van der Waals surface area contributed by atoms with Crippen LogP contribution in [-0.2, 0) is 23.7 Å². The molecule has 12 nitrogen and oxygen atoms in total. The molecule has 0 amide bonds. The van der Waals surface area contributed by atoms with Crippen LogP contribution in [0.5, 0.6) is 11.5 Å². The topological polar surface area (TPSA) is 170 Å². The highest BCUT2D eigenvalue weighted by Crippen LogP contribution is 2.37. The van der Waals surface area contributed by atoms with Gasteiger partial charge in [0.2, 0.25) is 0 Å². The molecule has 0 radical (unpaired) electrons. The first-order valence-corrected chi connectivity index (χ1v) is 12.5. The first-order valence-electron chi connectivity index (χ1n) is 12.5. The molecule has 1 aromatic rings. The van der Waals surface area contributed by atoms with Crippen LogP contribution in [-0.4, -0.2) is 60.5 Å². The number of nitrogens with two attached hydrogens (primary N) is 1. The molecule has 0 aliphatic heterocycles. The highest BCUT2D eigenvalue weighted by molar-refractivity contribution is 5.75. The van der Waals surface area contributed by atoms with Crippen molar-refractivity contribution in [3.8, 4) is 11.5 Å². The van der Waals surface area contributed by atoms with Gasteiger partial charge >= 0.3 is 24.4 Å². The normalized spacial score (nSPS) is 14.2. The summed E-state index contributed by atoms with van der Waals surface area (Å²) >= 11 is 0. The number of hydrogen-bond acceptors (Lipinski definition) is 11. The van der Waals surface area contributed by atoms with Gasteiger partial charge in [0.25, 0.3) is 0 Å². The van der Waals surface area contributed by atoms with Crippen LogP contribution in [0.4, 0.5) is 14.4 Å². The predicted molar refractivity (Wildman–Crippen MR) is 135 cm³/mol. The second kappa shape index (κ2) is 15.7. The van der Waals surface area contributed by atoms with Gasteiger partial charge in [0.05, 0.1) is 18.8 Å². The van der Waals surface area contributed by atoms with Crippen molar-refractivity contribution in [1.82, 2.24) is 0 Å². The van der Waals surface area contributed by atoms with E-state index >= 15 is 0 Å². The lowest BCUT2D eigenvalue weighted by Gasteiger charge is -2.31. The van der Waals surface area contributed by atoms with Crippen molar-refractivity contribution in [3.05, 3.63) is 23.8 Å². The molecule has 0 spiro atoms. The molecule has 3 N–H and O–H groups in total. The lowest BCUT2D eigenvalue weighted by atomic mass is 9.79. The molecule has 12 heteroatoms. The minimum Gasteiger partial charge on any atom is -0.480 e. The third-order valence-corrected chi connectivity index (χ3v) is 5.38. The lowest BCUT2D eigenvalue weighted by Crippen LogP contribution is -2.42. The van der Waals surface area contributed by atoms with E-state index in [1.54, 1.807) is 41.5 Å². The molecule has 214 valence electrons. The Morgan fingerprint density at radius 1 is 0.842 bits per heavy atom. The Hall–Kier alpha value is -3.54. The van der Waals surface area contributed by atoms with Crippen molar-refractivity contribution in [1.29, 1.82) is 0 Å².